The van der Waals surface area contributed by atoms with Crippen molar-refractivity contribution in [1.29, 1.82) is 0 Å². The Morgan fingerprint density at radius 2 is 1.66 bits per heavy atom. The quantitative estimate of drug-likeness (QED) is 0.556. The van der Waals surface area contributed by atoms with Crippen molar-refractivity contribution in [2.45, 2.75) is 44.1 Å². The zero-order chi connectivity index (χ0) is 22.7. The minimum absolute atomic E-state index is 0.00340. The van der Waals surface area contributed by atoms with E-state index in [1.807, 2.05) is 24.3 Å². The molecule has 32 heavy (non-hydrogen) atoms. The lowest BCUT2D eigenvalue weighted by Crippen LogP contribution is -2.42. The van der Waals surface area contributed by atoms with Crippen LogP contribution in [0.2, 0.25) is 0 Å². The number of carboxylic acids is 1. The van der Waals surface area contributed by atoms with Gasteiger partial charge in [-0.05, 0) is 41.0 Å². The number of hydrogen-bond acceptors (Lipinski definition) is 4. The molecule has 2 aliphatic carbocycles. The van der Waals surface area contributed by atoms with Gasteiger partial charge in [0.25, 0.3) is 0 Å². The van der Waals surface area contributed by atoms with E-state index in [-0.39, 0.29) is 37.2 Å². The molecule has 2 aromatic carbocycles. The van der Waals surface area contributed by atoms with Crippen LogP contribution >= 0.6 is 0 Å². The van der Waals surface area contributed by atoms with Gasteiger partial charge in [0.2, 0.25) is 5.91 Å². The summed E-state index contributed by atoms with van der Waals surface area (Å²) in [7, 11) is 0. The third kappa shape index (κ3) is 4.93. The summed E-state index contributed by atoms with van der Waals surface area (Å²) in [6.45, 7) is 2.30. The first-order valence-corrected chi connectivity index (χ1v) is 11.0. The zero-order valence-electron chi connectivity index (χ0n) is 18.1. The monoisotopic (exact) mass is 436 g/mol. The minimum atomic E-state index is -0.887. The van der Waals surface area contributed by atoms with Crippen molar-refractivity contribution in [3.63, 3.8) is 0 Å². The van der Waals surface area contributed by atoms with Gasteiger partial charge in [-0.25, -0.2) is 4.79 Å². The zero-order valence-corrected chi connectivity index (χ0v) is 18.1. The standard InChI is InChI=1S/C25H28N2O5/c1-16(12-23(29)30)14-26-22(28)13-25(10-11-25)27-24(31)32-15-21-19-8-4-2-6-17(19)18-7-3-5-9-20(18)21/h2-9,16,21H,10-15H2,1H3,(H,26,28)(H,27,31)(H,29,30). The van der Waals surface area contributed by atoms with Crippen LogP contribution < -0.4 is 10.6 Å². The van der Waals surface area contributed by atoms with E-state index >= 15 is 0 Å². The SMILES string of the molecule is CC(CNC(=O)CC1(NC(=O)OCC2c3ccccc3-c3ccccc32)CC1)CC(=O)O. The topological polar surface area (TPSA) is 105 Å². The maximum absolute atomic E-state index is 12.5. The Balaban J connectivity index is 1.29. The molecule has 0 radical (unpaired) electrons. The molecule has 0 aliphatic heterocycles. The number of benzene rings is 2. The van der Waals surface area contributed by atoms with E-state index in [9.17, 15) is 14.4 Å². The molecular formula is C25H28N2O5. The van der Waals surface area contributed by atoms with Gasteiger partial charge in [0.15, 0.2) is 0 Å². The van der Waals surface area contributed by atoms with Gasteiger partial charge in [-0.1, -0.05) is 55.5 Å². The average Bonchev–Trinajstić information content (AvgIpc) is 3.42. The maximum atomic E-state index is 12.5. The van der Waals surface area contributed by atoms with Crippen molar-refractivity contribution >= 4 is 18.0 Å². The van der Waals surface area contributed by atoms with Crippen LogP contribution in [0.25, 0.3) is 11.1 Å². The Hall–Kier alpha value is -3.35. The number of carbonyl (C=O) groups excluding carboxylic acids is 2. The van der Waals surface area contributed by atoms with E-state index in [4.69, 9.17) is 9.84 Å². The largest absolute Gasteiger partial charge is 0.481 e. The van der Waals surface area contributed by atoms with E-state index in [1.54, 1.807) is 6.92 Å². The number of carbonyl (C=O) groups is 3. The molecule has 7 heteroatoms. The number of nitrogens with one attached hydrogen (secondary N) is 2. The second-order valence-electron chi connectivity index (χ2n) is 8.91. The van der Waals surface area contributed by atoms with Crippen LogP contribution in [-0.4, -0.2) is 41.8 Å². The van der Waals surface area contributed by atoms with E-state index in [1.165, 1.54) is 11.1 Å². The highest BCUT2D eigenvalue weighted by atomic mass is 16.5. The highest BCUT2D eigenvalue weighted by Gasteiger charge is 2.46. The van der Waals surface area contributed by atoms with Crippen molar-refractivity contribution in [2.24, 2.45) is 5.92 Å². The average molecular weight is 437 g/mol. The van der Waals surface area contributed by atoms with Crippen LogP contribution in [0.15, 0.2) is 48.5 Å². The highest BCUT2D eigenvalue weighted by molar-refractivity contribution is 5.80. The lowest BCUT2D eigenvalue weighted by Gasteiger charge is -2.19. The summed E-state index contributed by atoms with van der Waals surface area (Å²) in [4.78, 5) is 35.5. The van der Waals surface area contributed by atoms with Crippen molar-refractivity contribution in [1.82, 2.24) is 10.6 Å². The van der Waals surface area contributed by atoms with Gasteiger partial charge in [0.1, 0.15) is 6.61 Å². The highest BCUT2D eigenvalue weighted by Crippen LogP contribution is 2.44. The van der Waals surface area contributed by atoms with Crippen molar-refractivity contribution < 1.29 is 24.2 Å². The number of carboxylic acid groups (broad SMARTS) is 1. The molecule has 2 amide bonds. The van der Waals surface area contributed by atoms with Crippen molar-refractivity contribution in [2.75, 3.05) is 13.2 Å². The first-order valence-electron chi connectivity index (χ1n) is 11.0. The summed E-state index contributed by atoms with van der Waals surface area (Å²) in [5, 5.41) is 14.4. The van der Waals surface area contributed by atoms with Crippen molar-refractivity contribution in [3.05, 3.63) is 59.7 Å². The summed E-state index contributed by atoms with van der Waals surface area (Å²) >= 11 is 0. The fourth-order valence-corrected chi connectivity index (χ4v) is 4.38. The van der Waals surface area contributed by atoms with E-state index < -0.39 is 17.6 Å². The fourth-order valence-electron chi connectivity index (χ4n) is 4.38. The second kappa shape index (κ2) is 9.02. The van der Waals surface area contributed by atoms with Gasteiger partial charge in [-0.2, -0.15) is 0 Å². The number of ether oxygens (including phenoxy) is 1. The third-order valence-electron chi connectivity index (χ3n) is 6.23. The molecule has 2 aliphatic rings. The summed E-state index contributed by atoms with van der Waals surface area (Å²) in [6.07, 6.45) is 1.08. The van der Waals surface area contributed by atoms with Gasteiger partial charge in [-0.3, -0.25) is 9.59 Å². The number of hydrogen-bond donors (Lipinski definition) is 3. The van der Waals surface area contributed by atoms with Crippen LogP contribution in [0.1, 0.15) is 49.7 Å². The number of alkyl carbamates (subject to hydrolysis) is 1. The third-order valence-corrected chi connectivity index (χ3v) is 6.23. The molecule has 4 rings (SSSR count). The Morgan fingerprint density at radius 3 is 2.22 bits per heavy atom. The van der Waals surface area contributed by atoms with Crippen molar-refractivity contribution in [3.8, 4) is 11.1 Å². The molecule has 0 aromatic heterocycles. The van der Waals surface area contributed by atoms with E-state index in [0.29, 0.717) is 6.54 Å². The molecule has 7 nitrogen and oxygen atoms in total. The lowest BCUT2D eigenvalue weighted by atomic mass is 9.98. The van der Waals surface area contributed by atoms with Crippen LogP contribution in [-0.2, 0) is 14.3 Å². The number of rotatable bonds is 9. The molecule has 1 unspecified atom stereocenters. The Bertz CT molecular complexity index is 985. The molecule has 0 spiro atoms. The Labute approximate surface area is 187 Å². The van der Waals surface area contributed by atoms with Crippen LogP contribution in [0.3, 0.4) is 0 Å². The molecule has 1 fully saturated rings. The molecule has 0 bridgehead atoms. The normalized spacial score (nSPS) is 16.4. The summed E-state index contributed by atoms with van der Waals surface area (Å²) in [5.41, 5.74) is 4.08. The molecule has 1 atom stereocenters. The predicted octanol–water partition coefficient (Wildman–Crippen LogP) is 3.67. The second-order valence-corrected chi connectivity index (χ2v) is 8.91. The molecule has 1 saturated carbocycles. The molecule has 0 saturated heterocycles. The fraction of sp³-hybridized carbons (Fsp3) is 0.400. The number of aliphatic carboxylic acids is 1. The van der Waals surface area contributed by atoms with Gasteiger partial charge in [0.05, 0.1) is 5.54 Å². The van der Waals surface area contributed by atoms with Gasteiger partial charge in [0, 0.05) is 25.3 Å². The van der Waals surface area contributed by atoms with Gasteiger partial charge >= 0.3 is 12.1 Å². The molecular weight excluding hydrogens is 408 g/mol. The van der Waals surface area contributed by atoms with Crippen LogP contribution in [0.4, 0.5) is 4.79 Å². The van der Waals surface area contributed by atoms with E-state index in [0.717, 1.165) is 24.0 Å². The first kappa shape index (κ1) is 21.9. The smallest absolute Gasteiger partial charge is 0.407 e. The van der Waals surface area contributed by atoms with Gasteiger partial charge in [-0.15, -0.1) is 0 Å². The Morgan fingerprint density at radius 1 is 1.06 bits per heavy atom. The molecule has 3 N–H and O–H groups in total. The number of fused-ring (bicyclic) bond motifs is 3. The van der Waals surface area contributed by atoms with Gasteiger partial charge < -0.3 is 20.5 Å². The molecule has 2 aromatic rings. The van der Waals surface area contributed by atoms with E-state index in [2.05, 4.69) is 34.9 Å². The first-order chi connectivity index (χ1) is 15.4. The minimum Gasteiger partial charge on any atom is -0.481 e. The summed E-state index contributed by atoms with van der Waals surface area (Å²) in [6, 6.07) is 16.3. The van der Waals surface area contributed by atoms with Crippen LogP contribution in [0.5, 0.6) is 0 Å². The Kier molecular flexibility index (Phi) is 6.17. The molecule has 168 valence electrons. The maximum Gasteiger partial charge on any atom is 0.407 e. The molecule has 0 heterocycles. The summed E-state index contributed by atoms with van der Waals surface area (Å²) in [5.74, 6) is -1.25. The number of amides is 2. The lowest BCUT2D eigenvalue weighted by molar-refractivity contribution is -0.138. The predicted molar refractivity (Wildman–Crippen MR) is 119 cm³/mol. The summed E-state index contributed by atoms with van der Waals surface area (Å²) < 4.78 is 5.59. The van der Waals surface area contributed by atoms with Crippen LogP contribution in [0, 0.1) is 5.92 Å².